The van der Waals surface area contributed by atoms with E-state index in [0.717, 1.165) is 0 Å². The molecule has 0 aromatic carbocycles. The maximum absolute atomic E-state index is 12.1. The summed E-state index contributed by atoms with van der Waals surface area (Å²) in [5.74, 6) is -0.328. The summed E-state index contributed by atoms with van der Waals surface area (Å²) in [7, 11) is 1.67. The summed E-state index contributed by atoms with van der Waals surface area (Å²) < 4.78 is 0. The van der Waals surface area contributed by atoms with Gasteiger partial charge in [0.2, 0.25) is 5.91 Å². The maximum Gasteiger partial charge on any atom is 0.225 e. The number of nitrogens with zero attached hydrogens (tertiary/aromatic N) is 1. The van der Waals surface area contributed by atoms with Crippen LogP contribution in [0.15, 0.2) is 0 Å². The predicted octanol–water partition coefficient (Wildman–Crippen LogP) is -0.647. The Labute approximate surface area is 94.2 Å². The molecule has 3 atom stereocenters. The van der Waals surface area contributed by atoms with E-state index in [1.54, 1.807) is 11.9 Å². The number of carbonyl (C=O) groups is 3. The van der Waals surface area contributed by atoms with E-state index in [1.807, 2.05) is 0 Å². The van der Waals surface area contributed by atoms with E-state index in [9.17, 15) is 14.4 Å². The molecule has 0 aromatic rings. The zero-order chi connectivity index (χ0) is 11.9. The average molecular weight is 224 g/mol. The first-order valence-corrected chi connectivity index (χ1v) is 5.57. The number of nitrogens with one attached hydrogen (secondary N) is 1. The second kappa shape index (κ2) is 3.97. The molecule has 1 N–H and O–H groups in total. The van der Waals surface area contributed by atoms with Crippen molar-refractivity contribution in [3.63, 3.8) is 0 Å². The van der Waals surface area contributed by atoms with Gasteiger partial charge < -0.3 is 10.2 Å². The Kier molecular flexibility index (Phi) is 2.80. The number of hydrogen-bond acceptors (Lipinski definition) is 4. The lowest BCUT2D eigenvalue weighted by Crippen LogP contribution is -2.57. The molecule has 2 aliphatic heterocycles. The molecular weight excluding hydrogens is 208 g/mol. The third kappa shape index (κ3) is 1.55. The van der Waals surface area contributed by atoms with Gasteiger partial charge in [-0.2, -0.15) is 0 Å². The number of piperidine rings is 1. The first-order valence-electron chi connectivity index (χ1n) is 5.57. The summed E-state index contributed by atoms with van der Waals surface area (Å²) in [6, 6.07) is -0.940. The Morgan fingerprint density at radius 1 is 1.44 bits per heavy atom. The van der Waals surface area contributed by atoms with Crippen LogP contribution in [0.1, 0.15) is 19.8 Å². The highest BCUT2D eigenvalue weighted by molar-refractivity contribution is 6.03. The van der Waals surface area contributed by atoms with Crippen LogP contribution in [-0.4, -0.2) is 48.0 Å². The SMILES string of the molecule is CNC1CC(=O)N2CCC(C(C)=O)C2C1=O. The van der Waals surface area contributed by atoms with Gasteiger partial charge >= 0.3 is 0 Å². The molecule has 2 fully saturated rings. The van der Waals surface area contributed by atoms with Crippen molar-refractivity contribution < 1.29 is 14.4 Å². The number of ketones is 2. The van der Waals surface area contributed by atoms with E-state index in [1.165, 1.54) is 6.92 Å². The quantitative estimate of drug-likeness (QED) is 0.677. The van der Waals surface area contributed by atoms with E-state index < -0.39 is 12.1 Å². The molecule has 0 aromatic heterocycles. The Morgan fingerprint density at radius 2 is 2.12 bits per heavy atom. The summed E-state index contributed by atoms with van der Waals surface area (Å²) in [6.07, 6.45) is 0.838. The minimum absolute atomic E-state index is 0.00500. The Morgan fingerprint density at radius 3 is 2.69 bits per heavy atom. The number of carbonyl (C=O) groups excluding carboxylic acids is 3. The fourth-order valence-corrected chi connectivity index (χ4v) is 2.69. The normalized spacial score (nSPS) is 34.1. The molecule has 88 valence electrons. The predicted molar refractivity (Wildman–Crippen MR) is 56.8 cm³/mol. The van der Waals surface area contributed by atoms with Gasteiger partial charge in [-0.15, -0.1) is 0 Å². The molecule has 2 aliphatic rings. The van der Waals surface area contributed by atoms with Crippen molar-refractivity contribution in [3.8, 4) is 0 Å². The van der Waals surface area contributed by atoms with Gasteiger partial charge in [0.1, 0.15) is 11.8 Å². The standard InChI is InChI=1S/C11H16N2O3/c1-6(14)7-3-4-13-9(15)5-8(12-2)11(16)10(7)13/h7-8,10,12H,3-5H2,1-2H3. The maximum atomic E-state index is 12.1. The fourth-order valence-electron chi connectivity index (χ4n) is 2.69. The third-order valence-electron chi connectivity index (χ3n) is 3.60. The second-order valence-corrected chi connectivity index (χ2v) is 4.49. The largest absolute Gasteiger partial charge is 0.332 e. The van der Waals surface area contributed by atoms with Gasteiger partial charge in [-0.1, -0.05) is 0 Å². The van der Waals surface area contributed by atoms with Crippen molar-refractivity contribution >= 4 is 17.5 Å². The smallest absolute Gasteiger partial charge is 0.225 e. The molecule has 0 radical (unpaired) electrons. The van der Waals surface area contributed by atoms with Crippen LogP contribution in [0.25, 0.3) is 0 Å². The van der Waals surface area contributed by atoms with Crippen molar-refractivity contribution in [3.05, 3.63) is 0 Å². The van der Waals surface area contributed by atoms with Gasteiger partial charge in [0.15, 0.2) is 5.78 Å². The molecule has 3 unspecified atom stereocenters. The van der Waals surface area contributed by atoms with E-state index in [4.69, 9.17) is 0 Å². The lowest BCUT2D eigenvalue weighted by atomic mass is 9.87. The topological polar surface area (TPSA) is 66.5 Å². The number of amides is 1. The molecule has 16 heavy (non-hydrogen) atoms. The molecule has 2 rings (SSSR count). The number of rotatable bonds is 2. The summed E-state index contributed by atoms with van der Waals surface area (Å²) in [6.45, 7) is 2.03. The van der Waals surface area contributed by atoms with Crippen LogP contribution in [0.4, 0.5) is 0 Å². The highest BCUT2D eigenvalue weighted by Crippen LogP contribution is 2.31. The third-order valence-corrected chi connectivity index (χ3v) is 3.60. The van der Waals surface area contributed by atoms with Gasteiger partial charge in [0.25, 0.3) is 0 Å². The van der Waals surface area contributed by atoms with Crippen LogP contribution in [-0.2, 0) is 14.4 Å². The lowest BCUT2D eigenvalue weighted by molar-refractivity contribution is -0.146. The number of hydrogen-bond donors (Lipinski definition) is 1. The molecule has 0 spiro atoms. The van der Waals surface area contributed by atoms with Gasteiger partial charge in [-0.05, 0) is 20.4 Å². The van der Waals surface area contributed by atoms with Crippen molar-refractivity contribution in [1.29, 1.82) is 0 Å². The Bertz CT molecular complexity index is 347. The number of likely N-dealkylation sites (N-methyl/N-ethyl adjacent to an activating group) is 1. The van der Waals surface area contributed by atoms with E-state index >= 15 is 0 Å². The van der Waals surface area contributed by atoms with Gasteiger partial charge in [-0.3, -0.25) is 14.4 Å². The van der Waals surface area contributed by atoms with E-state index in [-0.39, 0.29) is 29.8 Å². The van der Waals surface area contributed by atoms with E-state index in [2.05, 4.69) is 5.32 Å². The van der Waals surface area contributed by atoms with Crippen molar-refractivity contribution in [2.75, 3.05) is 13.6 Å². The van der Waals surface area contributed by atoms with Crippen LogP contribution < -0.4 is 5.32 Å². The first kappa shape index (κ1) is 11.3. The van der Waals surface area contributed by atoms with Crippen molar-refractivity contribution in [2.24, 2.45) is 5.92 Å². The van der Waals surface area contributed by atoms with Crippen molar-refractivity contribution in [1.82, 2.24) is 10.2 Å². The highest BCUT2D eigenvalue weighted by atomic mass is 16.2. The molecule has 2 saturated heterocycles. The second-order valence-electron chi connectivity index (χ2n) is 4.49. The molecule has 2 heterocycles. The minimum atomic E-state index is -0.517. The lowest BCUT2D eigenvalue weighted by Gasteiger charge is -2.34. The Balaban J connectivity index is 2.28. The molecule has 0 aliphatic carbocycles. The average Bonchev–Trinajstić information content (AvgIpc) is 2.68. The highest BCUT2D eigenvalue weighted by Gasteiger charge is 2.49. The molecule has 1 amide bonds. The van der Waals surface area contributed by atoms with Gasteiger partial charge in [-0.25, -0.2) is 0 Å². The van der Waals surface area contributed by atoms with Crippen LogP contribution in [0, 0.1) is 5.92 Å². The summed E-state index contributed by atoms with van der Waals surface area (Å²) in [4.78, 5) is 36.9. The zero-order valence-corrected chi connectivity index (χ0v) is 9.53. The van der Waals surface area contributed by atoms with Crippen LogP contribution in [0.5, 0.6) is 0 Å². The molecule has 0 saturated carbocycles. The number of Topliss-reactive ketones (excluding diaryl/α,β-unsaturated/α-hetero) is 2. The molecular formula is C11H16N2O3. The molecule has 5 nitrogen and oxygen atoms in total. The number of fused-ring (bicyclic) bond motifs is 1. The van der Waals surface area contributed by atoms with Crippen LogP contribution in [0.2, 0.25) is 0 Å². The first-order chi connectivity index (χ1) is 7.56. The Hall–Kier alpha value is -1.23. The zero-order valence-electron chi connectivity index (χ0n) is 9.53. The van der Waals surface area contributed by atoms with Crippen LogP contribution >= 0.6 is 0 Å². The fraction of sp³-hybridized carbons (Fsp3) is 0.727. The van der Waals surface area contributed by atoms with Gasteiger partial charge in [0, 0.05) is 18.9 Å². The minimum Gasteiger partial charge on any atom is -0.332 e. The van der Waals surface area contributed by atoms with Crippen molar-refractivity contribution in [2.45, 2.75) is 31.8 Å². The molecule has 5 heteroatoms. The van der Waals surface area contributed by atoms with E-state index in [0.29, 0.717) is 13.0 Å². The summed E-state index contributed by atoms with van der Waals surface area (Å²) in [5, 5.41) is 2.85. The van der Waals surface area contributed by atoms with Gasteiger partial charge in [0.05, 0.1) is 6.04 Å². The summed E-state index contributed by atoms with van der Waals surface area (Å²) >= 11 is 0. The summed E-state index contributed by atoms with van der Waals surface area (Å²) in [5.41, 5.74) is 0. The molecule has 0 bridgehead atoms. The van der Waals surface area contributed by atoms with Crippen LogP contribution in [0.3, 0.4) is 0 Å². The monoisotopic (exact) mass is 224 g/mol.